The molecular formula is C27H20FN3O4S. The number of carbonyl (C=O) groups excluding carboxylic acids is 2. The van der Waals surface area contributed by atoms with E-state index in [1.165, 1.54) is 60.3 Å². The van der Waals surface area contributed by atoms with E-state index in [1.54, 1.807) is 24.3 Å². The van der Waals surface area contributed by atoms with E-state index in [4.69, 9.17) is 0 Å². The van der Waals surface area contributed by atoms with Crippen molar-refractivity contribution >= 4 is 40.6 Å². The quantitative estimate of drug-likeness (QED) is 0.164. The molecule has 0 heterocycles. The van der Waals surface area contributed by atoms with Crippen LogP contribution in [0.25, 0.3) is 0 Å². The first-order chi connectivity index (χ1) is 17.4. The van der Waals surface area contributed by atoms with Crippen LogP contribution in [0.5, 0.6) is 0 Å². The van der Waals surface area contributed by atoms with E-state index in [-0.39, 0.29) is 17.4 Å². The molecule has 0 radical (unpaired) electrons. The molecule has 2 N–H and O–H groups in total. The maximum atomic E-state index is 13.2. The first-order valence-electron chi connectivity index (χ1n) is 10.8. The summed E-state index contributed by atoms with van der Waals surface area (Å²) in [6, 6.07) is 27.2. The lowest BCUT2D eigenvalue weighted by Crippen LogP contribution is -2.19. The number of halogens is 1. The van der Waals surface area contributed by atoms with Crippen molar-refractivity contribution in [2.45, 2.75) is 10.1 Å². The first kappa shape index (κ1) is 24.6. The van der Waals surface area contributed by atoms with Crippen LogP contribution >= 0.6 is 11.8 Å². The van der Waals surface area contributed by atoms with Crippen LogP contribution in [-0.2, 0) is 4.79 Å². The van der Waals surface area contributed by atoms with E-state index in [2.05, 4.69) is 10.6 Å². The van der Waals surface area contributed by atoms with Crippen LogP contribution in [0.4, 0.5) is 21.5 Å². The maximum Gasteiger partial charge on any atom is 0.269 e. The molecule has 1 atom stereocenters. The topological polar surface area (TPSA) is 101 Å². The van der Waals surface area contributed by atoms with Crippen molar-refractivity contribution in [1.29, 1.82) is 0 Å². The molecule has 4 aromatic rings. The van der Waals surface area contributed by atoms with Gasteiger partial charge in [-0.1, -0.05) is 30.3 Å². The standard InChI is InChI=1S/C27H20FN3O4S/c28-20-8-10-21(11-9-20)30-27(33)25(18-4-2-1-3-5-18)36-24-16-12-22(13-17-24)29-26(32)19-6-14-23(15-7-19)31(34)35/h1-17,25H,(H,29,32)(H,30,33). The van der Waals surface area contributed by atoms with E-state index < -0.39 is 16.1 Å². The number of carbonyl (C=O) groups is 2. The summed E-state index contributed by atoms with van der Waals surface area (Å²) in [5.41, 5.74) is 2.03. The molecule has 4 aromatic carbocycles. The third-order valence-electron chi connectivity index (χ3n) is 5.16. The molecule has 0 aromatic heterocycles. The number of nitrogens with one attached hydrogen (secondary N) is 2. The molecule has 0 aliphatic heterocycles. The Labute approximate surface area is 210 Å². The molecule has 0 aliphatic rings. The van der Waals surface area contributed by atoms with Crippen LogP contribution in [0.3, 0.4) is 0 Å². The molecule has 0 saturated carbocycles. The van der Waals surface area contributed by atoms with E-state index in [0.29, 0.717) is 16.9 Å². The first-order valence-corrected chi connectivity index (χ1v) is 11.7. The minimum absolute atomic E-state index is 0.0932. The lowest BCUT2D eigenvalue weighted by molar-refractivity contribution is -0.384. The van der Waals surface area contributed by atoms with Gasteiger partial charge in [-0.3, -0.25) is 19.7 Å². The summed E-state index contributed by atoms with van der Waals surface area (Å²) in [6.07, 6.45) is 0. The zero-order valence-electron chi connectivity index (χ0n) is 18.8. The summed E-state index contributed by atoms with van der Waals surface area (Å²) in [7, 11) is 0. The van der Waals surface area contributed by atoms with Crippen molar-refractivity contribution in [2.24, 2.45) is 0 Å². The Kier molecular flexibility index (Phi) is 7.72. The molecule has 0 aliphatic carbocycles. The van der Waals surface area contributed by atoms with Gasteiger partial charge in [0.2, 0.25) is 5.91 Å². The SMILES string of the molecule is O=C(Nc1ccc(SC(C(=O)Nc2ccc(F)cc2)c2ccccc2)cc1)c1ccc([N+](=O)[O-])cc1. The average Bonchev–Trinajstić information content (AvgIpc) is 2.90. The Morgan fingerprint density at radius 1 is 0.778 bits per heavy atom. The highest BCUT2D eigenvalue weighted by Crippen LogP contribution is 2.36. The normalized spacial score (nSPS) is 11.4. The van der Waals surface area contributed by atoms with Crippen molar-refractivity contribution < 1.29 is 18.9 Å². The number of benzene rings is 4. The summed E-state index contributed by atoms with van der Waals surface area (Å²) in [5.74, 6) is -1.04. The number of nitro benzene ring substituents is 1. The summed E-state index contributed by atoms with van der Waals surface area (Å²) in [6.45, 7) is 0. The van der Waals surface area contributed by atoms with Gasteiger partial charge in [0.25, 0.3) is 11.6 Å². The van der Waals surface area contributed by atoms with Crippen molar-refractivity contribution in [1.82, 2.24) is 0 Å². The number of non-ortho nitro benzene ring substituents is 1. The Balaban J connectivity index is 1.46. The molecular weight excluding hydrogens is 481 g/mol. The van der Waals surface area contributed by atoms with E-state index in [9.17, 15) is 24.1 Å². The summed E-state index contributed by atoms with van der Waals surface area (Å²) in [5, 5.41) is 15.8. The fourth-order valence-electron chi connectivity index (χ4n) is 3.33. The van der Waals surface area contributed by atoms with Crippen molar-refractivity contribution in [3.63, 3.8) is 0 Å². The summed E-state index contributed by atoms with van der Waals surface area (Å²) in [4.78, 5) is 36.6. The number of hydrogen-bond acceptors (Lipinski definition) is 5. The molecule has 0 fully saturated rings. The third-order valence-corrected chi connectivity index (χ3v) is 6.42. The largest absolute Gasteiger partial charge is 0.325 e. The van der Waals surface area contributed by atoms with E-state index in [1.807, 2.05) is 30.3 Å². The predicted octanol–water partition coefficient (Wildman–Crippen LogP) is 6.46. The highest BCUT2D eigenvalue weighted by atomic mass is 32.2. The van der Waals surface area contributed by atoms with Crippen molar-refractivity contribution in [3.8, 4) is 0 Å². The molecule has 2 amide bonds. The number of thioether (sulfide) groups is 1. The smallest absolute Gasteiger partial charge is 0.269 e. The number of rotatable bonds is 8. The molecule has 7 nitrogen and oxygen atoms in total. The van der Waals surface area contributed by atoms with Gasteiger partial charge in [-0.15, -0.1) is 11.8 Å². The highest BCUT2D eigenvalue weighted by molar-refractivity contribution is 8.00. The van der Waals surface area contributed by atoms with Crippen LogP contribution in [-0.4, -0.2) is 16.7 Å². The summed E-state index contributed by atoms with van der Waals surface area (Å²) >= 11 is 1.34. The molecule has 1 unspecified atom stereocenters. The fraction of sp³-hybridized carbons (Fsp3) is 0.0370. The maximum absolute atomic E-state index is 13.2. The molecule has 0 spiro atoms. The minimum atomic E-state index is -0.572. The summed E-state index contributed by atoms with van der Waals surface area (Å²) < 4.78 is 13.2. The van der Waals surface area contributed by atoms with Gasteiger partial charge in [-0.05, 0) is 66.2 Å². The zero-order chi connectivity index (χ0) is 25.5. The third kappa shape index (κ3) is 6.34. The molecule has 180 valence electrons. The van der Waals surface area contributed by atoms with Gasteiger partial charge in [0, 0.05) is 34.0 Å². The van der Waals surface area contributed by atoms with Gasteiger partial charge in [-0.25, -0.2) is 4.39 Å². The van der Waals surface area contributed by atoms with Gasteiger partial charge < -0.3 is 10.6 Å². The number of nitrogens with zero attached hydrogens (tertiary/aromatic N) is 1. The van der Waals surface area contributed by atoms with Crippen LogP contribution in [0, 0.1) is 15.9 Å². The fourth-order valence-corrected chi connectivity index (χ4v) is 4.36. The zero-order valence-corrected chi connectivity index (χ0v) is 19.6. The predicted molar refractivity (Wildman–Crippen MR) is 138 cm³/mol. The average molecular weight is 502 g/mol. The van der Waals surface area contributed by atoms with E-state index >= 15 is 0 Å². The lowest BCUT2D eigenvalue weighted by Gasteiger charge is -2.17. The van der Waals surface area contributed by atoms with Crippen LogP contribution in [0.15, 0.2) is 108 Å². The van der Waals surface area contributed by atoms with Crippen LogP contribution in [0.1, 0.15) is 21.2 Å². The number of hydrogen-bond donors (Lipinski definition) is 2. The molecule has 4 rings (SSSR count). The molecule has 36 heavy (non-hydrogen) atoms. The molecule has 0 saturated heterocycles. The van der Waals surface area contributed by atoms with Gasteiger partial charge in [-0.2, -0.15) is 0 Å². The van der Waals surface area contributed by atoms with Crippen molar-refractivity contribution in [3.05, 3.63) is 130 Å². The number of amides is 2. The number of nitro groups is 1. The molecule has 0 bridgehead atoms. The molecule has 9 heteroatoms. The number of anilines is 2. The second kappa shape index (κ2) is 11.3. The van der Waals surface area contributed by atoms with Gasteiger partial charge in [0.1, 0.15) is 11.1 Å². The van der Waals surface area contributed by atoms with Gasteiger partial charge in [0.05, 0.1) is 4.92 Å². The Hall–Kier alpha value is -4.50. The Morgan fingerprint density at radius 3 is 1.97 bits per heavy atom. The van der Waals surface area contributed by atoms with Crippen LogP contribution in [0.2, 0.25) is 0 Å². The van der Waals surface area contributed by atoms with Gasteiger partial charge >= 0.3 is 0 Å². The minimum Gasteiger partial charge on any atom is -0.325 e. The van der Waals surface area contributed by atoms with Gasteiger partial charge in [0.15, 0.2) is 0 Å². The monoisotopic (exact) mass is 501 g/mol. The Morgan fingerprint density at radius 2 is 1.36 bits per heavy atom. The second-order valence-corrected chi connectivity index (χ2v) is 8.87. The van der Waals surface area contributed by atoms with Crippen LogP contribution < -0.4 is 10.6 Å². The second-order valence-electron chi connectivity index (χ2n) is 7.69. The van der Waals surface area contributed by atoms with E-state index in [0.717, 1.165) is 10.5 Å². The van der Waals surface area contributed by atoms with Crippen molar-refractivity contribution in [2.75, 3.05) is 10.6 Å². The highest BCUT2D eigenvalue weighted by Gasteiger charge is 2.22. The lowest BCUT2D eigenvalue weighted by atomic mass is 10.1. The Bertz CT molecular complexity index is 1360.